The Balaban J connectivity index is 1.60. The molecule has 0 heterocycles. The number of fused-ring (bicyclic) bond motifs is 2. The molecule has 2 aliphatic rings. The molecule has 0 radical (unpaired) electrons. The maximum absolute atomic E-state index is 3.73. The van der Waals surface area contributed by atoms with Gasteiger partial charge in [0.05, 0.1) is 0 Å². The largest absolute Gasteiger partial charge is 0.103 e. The summed E-state index contributed by atoms with van der Waals surface area (Å²) in [7, 11) is 0. The summed E-state index contributed by atoms with van der Waals surface area (Å²) in [6.45, 7) is 3.73. The van der Waals surface area contributed by atoms with Crippen LogP contribution in [-0.2, 0) is 0 Å². The van der Waals surface area contributed by atoms with Crippen LogP contribution < -0.4 is 0 Å². The standard InChI is InChI=1S/C15H22/c1-2-3-4-5-6-7-8-14-11-13-9-10-15(14)12-13/h2,5-6,9-10,13-15H,1,3-4,7-8,11-12H2/b6-5+. The highest BCUT2D eigenvalue weighted by molar-refractivity contribution is 5.10. The number of hydrogen-bond acceptors (Lipinski definition) is 0. The Hall–Kier alpha value is -0.780. The van der Waals surface area contributed by atoms with Crippen molar-refractivity contribution in [1.82, 2.24) is 0 Å². The van der Waals surface area contributed by atoms with Gasteiger partial charge in [-0.1, -0.05) is 30.4 Å². The first-order valence-electron chi connectivity index (χ1n) is 6.34. The van der Waals surface area contributed by atoms with Crippen LogP contribution in [0.4, 0.5) is 0 Å². The van der Waals surface area contributed by atoms with Gasteiger partial charge in [-0.05, 0) is 56.3 Å². The van der Waals surface area contributed by atoms with Gasteiger partial charge in [0.25, 0.3) is 0 Å². The van der Waals surface area contributed by atoms with E-state index < -0.39 is 0 Å². The lowest BCUT2D eigenvalue weighted by Gasteiger charge is -2.16. The molecule has 0 heteroatoms. The average Bonchev–Trinajstić information content (AvgIpc) is 2.85. The van der Waals surface area contributed by atoms with E-state index in [1.165, 1.54) is 32.1 Å². The first kappa shape index (κ1) is 10.7. The highest BCUT2D eigenvalue weighted by atomic mass is 14.4. The zero-order valence-electron chi connectivity index (χ0n) is 9.57. The molecule has 0 amide bonds. The lowest BCUT2D eigenvalue weighted by atomic mass is 9.89. The number of rotatable bonds is 6. The second kappa shape index (κ2) is 5.34. The second-order valence-corrected chi connectivity index (χ2v) is 4.96. The maximum Gasteiger partial charge on any atom is -0.0199 e. The number of hydrogen-bond donors (Lipinski definition) is 0. The number of unbranched alkanes of at least 4 members (excludes halogenated alkanes) is 1. The molecule has 0 spiro atoms. The van der Waals surface area contributed by atoms with E-state index in [0.717, 1.165) is 24.2 Å². The van der Waals surface area contributed by atoms with E-state index >= 15 is 0 Å². The van der Waals surface area contributed by atoms with Gasteiger partial charge >= 0.3 is 0 Å². The topological polar surface area (TPSA) is 0 Å². The molecule has 2 bridgehead atoms. The van der Waals surface area contributed by atoms with Crippen molar-refractivity contribution in [3.8, 4) is 0 Å². The van der Waals surface area contributed by atoms with E-state index in [4.69, 9.17) is 0 Å². The van der Waals surface area contributed by atoms with Crippen molar-refractivity contribution in [2.24, 2.45) is 17.8 Å². The predicted octanol–water partition coefficient (Wildman–Crippen LogP) is 4.50. The van der Waals surface area contributed by atoms with Gasteiger partial charge in [-0.25, -0.2) is 0 Å². The van der Waals surface area contributed by atoms with Gasteiger partial charge in [0.2, 0.25) is 0 Å². The highest BCUT2D eigenvalue weighted by Crippen LogP contribution is 2.45. The fourth-order valence-corrected chi connectivity index (χ4v) is 2.99. The summed E-state index contributed by atoms with van der Waals surface area (Å²) in [5.74, 6) is 2.85. The van der Waals surface area contributed by atoms with Crippen LogP contribution in [0.1, 0.15) is 38.5 Å². The second-order valence-electron chi connectivity index (χ2n) is 4.96. The van der Waals surface area contributed by atoms with Crippen LogP contribution in [0.2, 0.25) is 0 Å². The average molecular weight is 202 g/mol. The lowest BCUT2D eigenvalue weighted by Crippen LogP contribution is -2.05. The van der Waals surface area contributed by atoms with Crippen LogP contribution in [0.25, 0.3) is 0 Å². The van der Waals surface area contributed by atoms with Gasteiger partial charge in [-0.2, -0.15) is 0 Å². The number of allylic oxidation sites excluding steroid dienone is 5. The summed E-state index contributed by atoms with van der Waals surface area (Å²) >= 11 is 0. The summed E-state index contributed by atoms with van der Waals surface area (Å²) in [4.78, 5) is 0. The monoisotopic (exact) mass is 202 g/mol. The minimum atomic E-state index is 0.927. The van der Waals surface area contributed by atoms with Gasteiger partial charge < -0.3 is 0 Å². The zero-order chi connectivity index (χ0) is 10.5. The quantitative estimate of drug-likeness (QED) is 0.439. The van der Waals surface area contributed by atoms with E-state index in [-0.39, 0.29) is 0 Å². The van der Waals surface area contributed by atoms with Crippen molar-refractivity contribution in [1.29, 1.82) is 0 Å². The van der Waals surface area contributed by atoms with Crippen molar-refractivity contribution in [3.05, 3.63) is 37.0 Å². The Morgan fingerprint density at radius 3 is 2.60 bits per heavy atom. The molecule has 3 atom stereocenters. The summed E-state index contributed by atoms with van der Waals surface area (Å²) < 4.78 is 0. The smallest absolute Gasteiger partial charge is 0.0199 e. The fourth-order valence-electron chi connectivity index (χ4n) is 2.99. The molecule has 1 saturated carbocycles. The molecule has 82 valence electrons. The van der Waals surface area contributed by atoms with Crippen LogP contribution in [0.3, 0.4) is 0 Å². The van der Waals surface area contributed by atoms with Crippen LogP contribution in [0, 0.1) is 17.8 Å². The third-order valence-electron chi connectivity index (χ3n) is 3.82. The molecule has 1 fully saturated rings. The molecule has 0 aliphatic heterocycles. The Morgan fingerprint density at radius 1 is 1.07 bits per heavy atom. The molecule has 0 saturated heterocycles. The molecule has 15 heavy (non-hydrogen) atoms. The maximum atomic E-state index is 3.73. The molecule has 0 aromatic carbocycles. The zero-order valence-corrected chi connectivity index (χ0v) is 9.57. The van der Waals surface area contributed by atoms with Gasteiger partial charge in [-0.3, -0.25) is 0 Å². The summed E-state index contributed by atoms with van der Waals surface area (Å²) in [5, 5.41) is 0. The van der Waals surface area contributed by atoms with Crippen LogP contribution >= 0.6 is 0 Å². The van der Waals surface area contributed by atoms with Crippen molar-refractivity contribution < 1.29 is 0 Å². The minimum Gasteiger partial charge on any atom is -0.103 e. The lowest BCUT2D eigenvalue weighted by molar-refractivity contribution is 0.419. The minimum absolute atomic E-state index is 0.927. The van der Waals surface area contributed by atoms with Gasteiger partial charge in [0, 0.05) is 0 Å². The first-order chi connectivity index (χ1) is 7.40. The molecule has 0 aromatic rings. The van der Waals surface area contributed by atoms with Gasteiger partial charge in [-0.15, -0.1) is 6.58 Å². The SMILES string of the molecule is C=CCC/C=C/CCC1CC2C=CC1C2. The fraction of sp³-hybridized carbons (Fsp3) is 0.600. The Morgan fingerprint density at radius 2 is 1.93 bits per heavy atom. The Kier molecular flexibility index (Phi) is 3.82. The van der Waals surface area contributed by atoms with E-state index in [1.807, 2.05) is 6.08 Å². The third kappa shape index (κ3) is 2.84. The molecule has 3 unspecified atom stereocenters. The molecular weight excluding hydrogens is 180 g/mol. The predicted molar refractivity (Wildman–Crippen MR) is 66.6 cm³/mol. The van der Waals surface area contributed by atoms with Gasteiger partial charge in [0.15, 0.2) is 0 Å². The van der Waals surface area contributed by atoms with E-state index in [0.29, 0.717) is 0 Å². The highest BCUT2D eigenvalue weighted by Gasteiger charge is 2.34. The van der Waals surface area contributed by atoms with E-state index in [1.54, 1.807) is 0 Å². The molecular formula is C15H22. The Labute approximate surface area is 93.8 Å². The summed E-state index contributed by atoms with van der Waals surface area (Å²) in [5.41, 5.74) is 0. The molecule has 0 nitrogen and oxygen atoms in total. The first-order valence-corrected chi connectivity index (χ1v) is 6.34. The van der Waals surface area contributed by atoms with E-state index in [9.17, 15) is 0 Å². The Bertz CT molecular complexity index is 259. The normalized spacial score (nSPS) is 32.9. The van der Waals surface area contributed by atoms with Crippen molar-refractivity contribution in [2.75, 3.05) is 0 Å². The molecule has 2 rings (SSSR count). The van der Waals surface area contributed by atoms with Crippen molar-refractivity contribution in [2.45, 2.75) is 38.5 Å². The summed E-state index contributed by atoms with van der Waals surface area (Å²) in [6, 6.07) is 0. The van der Waals surface area contributed by atoms with Crippen molar-refractivity contribution >= 4 is 0 Å². The van der Waals surface area contributed by atoms with E-state index in [2.05, 4.69) is 30.9 Å². The third-order valence-corrected chi connectivity index (χ3v) is 3.82. The molecule has 2 aliphatic carbocycles. The molecule has 0 aromatic heterocycles. The van der Waals surface area contributed by atoms with Crippen molar-refractivity contribution in [3.63, 3.8) is 0 Å². The van der Waals surface area contributed by atoms with Crippen LogP contribution in [-0.4, -0.2) is 0 Å². The molecule has 0 N–H and O–H groups in total. The van der Waals surface area contributed by atoms with Crippen LogP contribution in [0.5, 0.6) is 0 Å². The van der Waals surface area contributed by atoms with Gasteiger partial charge in [0.1, 0.15) is 0 Å². The van der Waals surface area contributed by atoms with Crippen LogP contribution in [0.15, 0.2) is 37.0 Å². The summed E-state index contributed by atoms with van der Waals surface area (Å²) in [6.07, 6.45) is 19.4.